The molecular formula is C20H17F2NO2S. The van der Waals surface area contributed by atoms with Gasteiger partial charge in [-0.3, -0.25) is 4.79 Å². The van der Waals surface area contributed by atoms with Crippen LogP contribution < -0.4 is 10.1 Å². The maximum atomic E-state index is 13.6. The highest BCUT2D eigenvalue weighted by molar-refractivity contribution is 7.12. The average molecular weight is 373 g/mol. The summed E-state index contributed by atoms with van der Waals surface area (Å²) in [5.74, 6) is -1.16. The first kappa shape index (κ1) is 18.1. The van der Waals surface area contributed by atoms with Crippen LogP contribution in [0.4, 0.5) is 14.5 Å². The van der Waals surface area contributed by atoms with Gasteiger partial charge >= 0.3 is 0 Å². The third-order valence-electron chi connectivity index (χ3n) is 3.78. The van der Waals surface area contributed by atoms with Gasteiger partial charge < -0.3 is 10.1 Å². The summed E-state index contributed by atoms with van der Waals surface area (Å²) < 4.78 is 32.4. The van der Waals surface area contributed by atoms with E-state index >= 15 is 0 Å². The lowest BCUT2D eigenvalue weighted by Crippen LogP contribution is -2.11. The molecule has 0 spiro atoms. The van der Waals surface area contributed by atoms with Gasteiger partial charge in [-0.2, -0.15) is 0 Å². The number of nitrogens with one attached hydrogen (secondary N) is 1. The van der Waals surface area contributed by atoms with Crippen LogP contribution in [-0.4, -0.2) is 5.91 Å². The van der Waals surface area contributed by atoms with E-state index in [0.717, 1.165) is 34.6 Å². The van der Waals surface area contributed by atoms with E-state index in [1.54, 1.807) is 6.07 Å². The summed E-state index contributed by atoms with van der Waals surface area (Å²) in [4.78, 5) is 12.7. The molecular weight excluding hydrogens is 356 g/mol. The molecule has 0 saturated heterocycles. The summed E-state index contributed by atoms with van der Waals surface area (Å²) >= 11 is 1.24. The van der Waals surface area contributed by atoms with Crippen LogP contribution in [0.2, 0.25) is 0 Å². The van der Waals surface area contributed by atoms with E-state index < -0.39 is 17.5 Å². The molecule has 0 bridgehead atoms. The first-order chi connectivity index (χ1) is 12.4. The van der Waals surface area contributed by atoms with Crippen molar-refractivity contribution in [2.75, 3.05) is 5.32 Å². The maximum absolute atomic E-state index is 13.6. The van der Waals surface area contributed by atoms with Gasteiger partial charge in [-0.05, 0) is 49.1 Å². The number of aryl methyl sites for hydroxylation is 2. The summed E-state index contributed by atoms with van der Waals surface area (Å²) in [7, 11) is 0. The van der Waals surface area contributed by atoms with Gasteiger partial charge in [0.15, 0.2) is 0 Å². The van der Waals surface area contributed by atoms with Crippen molar-refractivity contribution in [1.82, 2.24) is 0 Å². The molecule has 0 radical (unpaired) electrons. The molecule has 1 aromatic heterocycles. The molecule has 0 fully saturated rings. The minimum absolute atomic E-state index is 0.0575. The second-order valence-electron chi connectivity index (χ2n) is 5.96. The zero-order chi connectivity index (χ0) is 18.7. The second-order valence-corrected chi connectivity index (χ2v) is 6.87. The van der Waals surface area contributed by atoms with Crippen molar-refractivity contribution in [1.29, 1.82) is 0 Å². The van der Waals surface area contributed by atoms with Crippen molar-refractivity contribution in [3.8, 4) is 5.75 Å². The smallest absolute Gasteiger partial charge is 0.265 e. The van der Waals surface area contributed by atoms with Crippen molar-refractivity contribution in [2.45, 2.75) is 20.5 Å². The number of carbonyl (C=O) groups is 1. The fourth-order valence-corrected chi connectivity index (χ4v) is 3.26. The lowest BCUT2D eigenvalue weighted by molar-refractivity contribution is 0.103. The number of ether oxygens (including phenoxy) is 1. The Kier molecular flexibility index (Phi) is 5.32. The maximum Gasteiger partial charge on any atom is 0.265 e. The molecule has 1 N–H and O–H groups in total. The Morgan fingerprint density at radius 2 is 1.92 bits per heavy atom. The van der Waals surface area contributed by atoms with Crippen LogP contribution in [-0.2, 0) is 6.61 Å². The minimum Gasteiger partial charge on any atom is -0.489 e. The molecule has 134 valence electrons. The number of amides is 1. The Balaban J connectivity index is 1.64. The third kappa shape index (κ3) is 4.26. The van der Waals surface area contributed by atoms with Crippen LogP contribution in [0.25, 0.3) is 0 Å². The summed E-state index contributed by atoms with van der Waals surface area (Å²) in [5.41, 5.74) is 3.00. The van der Waals surface area contributed by atoms with Gasteiger partial charge in [0.25, 0.3) is 5.91 Å². The zero-order valence-electron chi connectivity index (χ0n) is 14.3. The van der Waals surface area contributed by atoms with E-state index in [-0.39, 0.29) is 5.69 Å². The predicted molar refractivity (Wildman–Crippen MR) is 98.9 cm³/mol. The second kappa shape index (κ2) is 7.66. The van der Waals surface area contributed by atoms with E-state index in [1.807, 2.05) is 37.4 Å². The van der Waals surface area contributed by atoms with E-state index in [2.05, 4.69) is 5.32 Å². The standard InChI is InChI=1S/C20H17F2NO2S/c1-12-3-6-18(13(2)7-12)25-10-14-8-19(26-11-14)20(24)23-17-5-4-15(21)9-16(17)22/h3-9,11H,10H2,1-2H3,(H,23,24). The summed E-state index contributed by atoms with van der Waals surface area (Å²) in [5, 5.41) is 4.26. The largest absolute Gasteiger partial charge is 0.489 e. The fraction of sp³-hybridized carbons (Fsp3) is 0.150. The Morgan fingerprint density at radius 3 is 2.65 bits per heavy atom. The van der Waals surface area contributed by atoms with E-state index in [4.69, 9.17) is 4.74 Å². The molecule has 1 amide bonds. The molecule has 0 saturated carbocycles. The Morgan fingerprint density at radius 1 is 1.12 bits per heavy atom. The number of hydrogen-bond acceptors (Lipinski definition) is 3. The van der Waals surface area contributed by atoms with Crippen LogP contribution in [0, 0.1) is 25.5 Å². The van der Waals surface area contributed by atoms with Gasteiger partial charge in [-0.25, -0.2) is 8.78 Å². The van der Waals surface area contributed by atoms with Gasteiger partial charge in [-0.1, -0.05) is 17.7 Å². The van der Waals surface area contributed by atoms with Crippen molar-refractivity contribution in [3.05, 3.63) is 81.0 Å². The molecule has 3 rings (SSSR count). The topological polar surface area (TPSA) is 38.3 Å². The predicted octanol–water partition coefficient (Wildman–Crippen LogP) is 5.47. The Bertz CT molecular complexity index is 953. The van der Waals surface area contributed by atoms with Gasteiger partial charge in [-0.15, -0.1) is 11.3 Å². The number of benzene rings is 2. The molecule has 0 aliphatic heterocycles. The minimum atomic E-state index is -0.812. The molecule has 1 heterocycles. The SMILES string of the molecule is Cc1ccc(OCc2csc(C(=O)Nc3ccc(F)cc3F)c2)c(C)c1. The van der Waals surface area contributed by atoms with Crippen LogP contribution >= 0.6 is 11.3 Å². The monoisotopic (exact) mass is 373 g/mol. The average Bonchev–Trinajstić information content (AvgIpc) is 3.06. The normalized spacial score (nSPS) is 10.6. The molecule has 3 aromatic rings. The molecule has 26 heavy (non-hydrogen) atoms. The lowest BCUT2D eigenvalue weighted by Gasteiger charge is -2.08. The van der Waals surface area contributed by atoms with Crippen molar-refractivity contribution in [3.63, 3.8) is 0 Å². The lowest BCUT2D eigenvalue weighted by atomic mass is 10.1. The van der Waals surface area contributed by atoms with Crippen LogP contribution in [0.1, 0.15) is 26.4 Å². The molecule has 0 aliphatic carbocycles. The van der Waals surface area contributed by atoms with Crippen LogP contribution in [0.5, 0.6) is 5.75 Å². The highest BCUT2D eigenvalue weighted by Gasteiger charge is 2.13. The van der Waals surface area contributed by atoms with Gasteiger partial charge in [0.1, 0.15) is 24.0 Å². The number of thiophene rings is 1. The van der Waals surface area contributed by atoms with Crippen molar-refractivity contribution < 1.29 is 18.3 Å². The molecule has 0 unspecified atom stereocenters. The van der Waals surface area contributed by atoms with E-state index in [9.17, 15) is 13.6 Å². The number of carbonyl (C=O) groups excluding carboxylic acids is 1. The van der Waals surface area contributed by atoms with Gasteiger partial charge in [0.2, 0.25) is 0 Å². The number of hydrogen-bond donors (Lipinski definition) is 1. The third-order valence-corrected chi connectivity index (χ3v) is 4.76. The molecule has 6 heteroatoms. The van der Waals surface area contributed by atoms with Crippen LogP contribution in [0.15, 0.2) is 47.8 Å². The number of halogens is 2. The summed E-state index contributed by atoms with van der Waals surface area (Å²) in [6, 6.07) is 10.7. The summed E-state index contributed by atoms with van der Waals surface area (Å²) in [6.45, 7) is 4.33. The summed E-state index contributed by atoms with van der Waals surface area (Å²) in [6.07, 6.45) is 0. The number of anilines is 1. The van der Waals surface area contributed by atoms with Gasteiger partial charge in [0, 0.05) is 11.6 Å². The van der Waals surface area contributed by atoms with Crippen molar-refractivity contribution >= 4 is 22.9 Å². The molecule has 3 nitrogen and oxygen atoms in total. The zero-order valence-corrected chi connectivity index (χ0v) is 15.1. The molecule has 0 aliphatic rings. The van der Waals surface area contributed by atoms with E-state index in [1.165, 1.54) is 17.4 Å². The first-order valence-corrected chi connectivity index (χ1v) is 8.84. The quantitative estimate of drug-likeness (QED) is 0.644. The Hall–Kier alpha value is -2.73. The van der Waals surface area contributed by atoms with Crippen LogP contribution in [0.3, 0.4) is 0 Å². The molecule has 0 atom stereocenters. The fourth-order valence-electron chi connectivity index (χ4n) is 2.47. The highest BCUT2D eigenvalue weighted by atomic mass is 32.1. The number of rotatable bonds is 5. The molecule has 2 aromatic carbocycles. The van der Waals surface area contributed by atoms with Crippen molar-refractivity contribution in [2.24, 2.45) is 0 Å². The van der Waals surface area contributed by atoms with E-state index in [0.29, 0.717) is 11.5 Å². The highest BCUT2D eigenvalue weighted by Crippen LogP contribution is 2.23. The van der Waals surface area contributed by atoms with Gasteiger partial charge in [0.05, 0.1) is 10.6 Å². The first-order valence-electron chi connectivity index (χ1n) is 7.96. The Labute approximate surface area is 154 Å².